The van der Waals surface area contributed by atoms with Gasteiger partial charge in [0.15, 0.2) is 0 Å². The van der Waals surface area contributed by atoms with Crippen LogP contribution in [0.1, 0.15) is 43.4 Å². The highest BCUT2D eigenvalue weighted by atomic mass is 16.1. The Bertz CT molecular complexity index is 552. The Morgan fingerprint density at radius 1 is 1.00 bits per heavy atom. The molecule has 0 aliphatic rings. The molecule has 0 bridgehead atoms. The molecule has 0 radical (unpaired) electrons. The van der Waals surface area contributed by atoms with Gasteiger partial charge in [-0.3, -0.25) is 0 Å². The molecule has 4 heteroatoms. The molecule has 0 fully saturated rings. The second kappa shape index (κ2) is 7.42. The molecule has 19 heavy (non-hydrogen) atoms. The lowest BCUT2D eigenvalue weighted by Crippen LogP contribution is -1.95. The van der Waals surface area contributed by atoms with Crippen LogP contribution in [0.5, 0.6) is 0 Å². The summed E-state index contributed by atoms with van der Waals surface area (Å²) in [5.41, 5.74) is 3.98. The lowest BCUT2D eigenvalue weighted by molar-refractivity contribution is 0.564. The molecule has 4 nitrogen and oxygen atoms in total. The zero-order valence-corrected chi connectivity index (χ0v) is 11.6. The van der Waals surface area contributed by atoms with Crippen molar-refractivity contribution in [3.05, 3.63) is 22.8 Å². The molecule has 1 aromatic carbocycles. The van der Waals surface area contributed by atoms with E-state index >= 15 is 0 Å². The van der Waals surface area contributed by atoms with E-state index < -0.39 is 0 Å². The molecule has 0 N–H and O–H groups in total. The third-order valence-corrected chi connectivity index (χ3v) is 2.97. The molecule has 0 heterocycles. The highest BCUT2D eigenvalue weighted by molar-refractivity contribution is 5.72. The largest absolute Gasteiger partial charge is 0.240 e. The van der Waals surface area contributed by atoms with Crippen LogP contribution in [-0.4, -0.2) is 12.2 Å². The maximum absolute atomic E-state index is 10.6. The summed E-state index contributed by atoms with van der Waals surface area (Å²) in [7, 11) is 0. The van der Waals surface area contributed by atoms with Gasteiger partial charge in [0.05, 0.1) is 11.4 Å². The molecule has 0 spiro atoms. The molecule has 0 saturated heterocycles. The smallest absolute Gasteiger partial charge is 0.211 e. The number of benzene rings is 1. The second-order valence-electron chi connectivity index (χ2n) is 4.43. The fraction of sp³-hybridized carbons (Fsp3) is 0.467. The van der Waals surface area contributed by atoms with Crippen molar-refractivity contribution in [2.45, 2.75) is 46.5 Å². The normalized spacial score (nSPS) is 9.63. The highest BCUT2D eigenvalue weighted by Gasteiger charge is 2.15. The standard InChI is InChI=1S/C15H18N2O2/c1-4-6-12-8-11(3)14(16-9-18)13(7-5-2)15(12)17-10-19/h8H,4-7H2,1-3H3. The van der Waals surface area contributed by atoms with E-state index in [4.69, 9.17) is 0 Å². The van der Waals surface area contributed by atoms with E-state index in [0.29, 0.717) is 11.4 Å². The number of rotatable bonds is 6. The van der Waals surface area contributed by atoms with Crippen molar-refractivity contribution in [1.29, 1.82) is 0 Å². The van der Waals surface area contributed by atoms with Crippen LogP contribution in [0.15, 0.2) is 16.1 Å². The van der Waals surface area contributed by atoms with Gasteiger partial charge in [-0.05, 0) is 30.9 Å². The summed E-state index contributed by atoms with van der Waals surface area (Å²) in [5.74, 6) is 0. The Morgan fingerprint density at radius 2 is 1.58 bits per heavy atom. The van der Waals surface area contributed by atoms with Crippen LogP contribution in [-0.2, 0) is 22.4 Å². The molecule has 0 aliphatic heterocycles. The number of nitrogens with zero attached hydrogens (tertiary/aromatic N) is 2. The molecule has 1 aromatic rings. The van der Waals surface area contributed by atoms with Crippen LogP contribution in [0.2, 0.25) is 0 Å². The maximum Gasteiger partial charge on any atom is 0.240 e. The van der Waals surface area contributed by atoms with E-state index in [2.05, 4.69) is 16.9 Å². The Balaban J connectivity index is 3.63. The van der Waals surface area contributed by atoms with E-state index in [0.717, 1.165) is 42.4 Å². The molecular weight excluding hydrogens is 240 g/mol. The fourth-order valence-electron chi connectivity index (χ4n) is 2.27. The molecule has 0 saturated carbocycles. The fourth-order valence-corrected chi connectivity index (χ4v) is 2.27. The summed E-state index contributed by atoms with van der Waals surface area (Å²) < 4.78 is 0. The number of isocyanates is 2. The molecule has 0 aromatic heterocycles. The summed E-state index contributed by atoms with van der Waals surface area (Å²) in [5, 5.41) is 0. The van der Waals surface area contributed by atoms with Gasteiger partial charge >= 0.3 is 0 Å². The summed E-state index contributed by atoms with van der Waals surface area (Å²) >= 11 is 0. The first-order valence-corrected chi connectivity index (χ1v) is 6.50. The molecule has 0 atom stereocenters. The topological polar surface area (TPSA) is 58.9 Å². The van der Waals surface area contributed by atoms with Gasteiger partial charge in [0.25, 0.3) is 0 Å². The third-order valence-electron chi connectivity index (χ3n) is 2.97. The van der Waals surface area contributed by atoms with Crippen LogP contribution in [0, 0.1) is 6.92 Å². The zero-order valence-electron chi connectivity index (χ0n) is 11.6. The van der Waals surface area contributed by atoms with Crippen LogP contribution < -0.4 is 0 Å². The lowest BCUT2D eigenvalue weighted by Gasteiger charge is -2.14. The van der Waals surface area contributed by atoms with Crippen LogP contribution >= 0.6 is 0 Å². The Labute approximate surface area is 113 Å². The van der Waals surface area contributed by atoms with Gasteiger partial charge in [-0.25, -0.2) is 9.59 Å². The van der Waals surface area contributed by atoms with Gasteiger partial charge in [0.1, 0.15) is 0 Å². The van der Waals surface area contributed by atoms with E-state index in [1.54, 1.807) is 12.2 Å². The first-order chi connectivity index (χ1) is 9.19. The Kier molecular flexibility index (Phi) is 5.87. The molecule has 0 unspecified atom stereocenters. The summed E-state index contributed by atoms with van der Waals surface area (Å²) in [4.78, 5) is 28.8. The Morgan fingerprint density at radius 3 is 2.11 bits per heavy atom. The number of aryl methyl sites for hydroxylation is 2. The van der Waals surface area contributed by atoms with Gasteiger partial charge in [0, 0.05) is 5.56 Å². The monoisotopic (exact) mass is 258 g/mol. The SMILES string of the molecule is CCCc1cc(C)c(N=C=O)c(CCC)c1N=C=O. The van der Waals surface area contributed by atoms with Gasteiger partial charge in [-0.1, -0.05) is 32.8 Å². The summed E-state index contributed by atoms with van der Waals surface area (Å²) in [6, 6.07) is 1.94. The minimum absolute atomic E-state index is 0.589. The van der Waals surface area contributed by atoms with Crippen molar-refractivity contribution in [2.24, 2.45) is 9.98 Å². The van der Waals surface area contributed by atoms with Crippen LogP contribution in [0.3, 0.4) is 0 Å². The van der Waals surface area contributed by atoms with E-state index in [9.17, 15) is 9.59 Å². The van der Waals surface area contributed by atoms with E-state index in [1.165, 1.54) is 0 Å². The quantitative estimate of drug-likeness (QED) is 0.575. The van der Waals surface area contributed by atoms with Crippen molar-refractivity contribution in [1.82, 2.24) is 0 Å². The highest BCUT2D eigenvalue weighted by Crippen LogP contribution is 2.37. The van der Waals surface area contributed by atoms with Gasteiger partial charge in [0.2, 0.25) is 12.2 Å². The van der Waals surface area contributed by atoms with Gasteiger partial charge in [-0.2, -0.15) is 9.98 Å². The lowest BCUT2D eigenvalue weighted by atomic mass is 9.95. The van der Waals surface area contributed by atoms with Crippen LogP contribution in [0.4, 0.5) is 11.4 Å². The number of carbonyl (C=O) groups excluding carboxylic acids is 2. The minimum atomic E-state index is 0.589. The average molecular weight is 258 g/mol. The Hall–Kier alpha value is -2.02. The van der Waals surface area contributed by atoms with Crippen molar-refractivity contribution in [2.75, 3.05) is 0 Å². The minimum Gasteiger partial charge on any atom is -0.211 e. The van der Waals surface area contributed by atoms with Crippen molar-refractivity contribution in [3.8, 4) is 0 Å². The molecular formula is C15H18N2O2. The number of hydrogen-bond donors (Lipinski definition) is 0. The van der Waals surface area contributed by atoms with E-state index in [-0.39, 0.29) is 0 Å². The first kappa shape index (κ1) is 15.0. The number of hydrogen-bond acceptors (Lipinski definition) is 4. The maximum atomic E-state index is 10.6. The van der Waals surface area contributed by atoms with Crippen molar-refractivity contribution < 1.29 is 9.59 Å². The van der Waals surface area contributed by atoms with Gasteiger partial charge in [-0.15, -0.1) is 0 Å². The summed E-state index contributed by atoms with van der Waals surface area (Å²) in [6.07, 6.45) is 6.59. The predicted molar refractivity (Wildman–Crippen MR) is 74.7 cm³/mol. The van der Waals surface area contributed by atoms with E-state index in [1.807, 2.05) is 19.9 Å². The zero-order chi connectivity index (χ0) is 14.3. The van der Waals surface area contributed by atoms with Crippen LogP contribution in [0.25, 0.3) is 0 Å². The van der Waals surface area contributed by atoms with Gasteiger partial charge < -0.3 is 0 Å². The number of aliphatic imine (C=N–C) groups is 2. The predicted octanol–water partition coefficient (Wildman–Crippen LogP) is 3.83. The first-order valence-electron chi connectivity index (χ1n) is 6.50. The third kappa shape index (κ3) is 3.47. The van der Waals surface area contributed by atoms with Crippen molar-refractivity contribution in [3.63, 3.8) is 0 Å². The summed E-state index contributed by atoms with van der Waals surface area (Å²) in [6.45, 7) is 6.01. The van der Waals surface area contributed by atoms with Crippen molar-refractivity contribution >= 4 is 23.5 Å². The molecule has 0 aliphatic carbocycles. The molecule has 1 rings (SSSR count). The molecule has 0 amide bonds. The second-order valence-corrected chi connectivity index (χ2v) is 4.43. The average Bonchev–Trinajstić information content (AvgIpc) is 2.38. The molecule has 100 valence electrons.